The summed E-state index contributed by atoms with van der Waals surface area (Å²) in [4.78, 5) is 4.49. The van der Waals surface area contributed by atoms with Crippen LogP contribution in [0.1, 0.15) is 32.0 Å². The topological polar surface area (TPSA) is 57.8 Å². The first-order valence-electron chi connectivity index (χ1n) is 7.48. The zero-order valence-corrected chi connectivity index (χ0v) is 14.3. The molecule has 0 aliphatic heterocycles. The molecule has 0 aliphatic carbocycles. The molecule has 0 spiro atoms. The zero-order chi connectivity index (χ0) is 16.4. The summed E-state index contributed by atoms with van der Waals surface area (Å²) in [7, 11) is 0. The molecule has 1 N–H and O–H groups in total. The van der Waals surface area contributed by atoms with Crippen molar-refractivity contribution in [3.63, 3.8) is 0 Å². The van der Waals surface area contributed by atoms with Crippen molar-refractivity contribution in [1.29, 1.82) is 0 Å². The molecule has 0 aliphatic rings. The van der Waals surface area contributed by atoms with Gasteiger partial charge in [-0.1, -0.05) is 51.1 Å². The van der Waals surface area contributed by atoms with E-state index in [-0.39, 0.29) is 11.2 Å². The number of fused-ring (bicyclic) bond motifs is 1. The van der Waals surface area contributed by atoms with Gasteiger partial charge in [-0.3, -0.25) is 0 Å². The number of hydrogen-bond donors (Lipinski definition) is 1. The van der Waals surface area contributed by atoms with Crippen LogP contribution in [0, 0.1) is 0 Å². The van der Waals surface area contributed by atoms with E-state index in [0.717, 1.165) is 22.0 Å². The van der Waals surface area contributed by atoms with E-state index in [1.165, 1.54) is 11.3 Å². The van der Waals surface area contributed by atoms with Crippen LogP contribution in [-0.4, -0.2) is 10.1 Å². The molecule has 0 atom stereocenters. The van der Waals surface area contributed by atoms with Crippen LogP contribution in [0.15, 0.2) is 52.0 Å². The Morgan fingerprint density at radius 2 is 1.91 bits per heavy atom. The molecule has 3 aromatic rings. The van der Waals surface area contributed by atoms with Crippen LogP contribution < -0.4 is 0 Å². The first-order chi connectivity index (χ1) is 10.9. The largest absolute Gasteiger partial charge is 0.508 e. The standard InChI is InChI=1S/C18H19N3OS/c1-18(2,3)16-11-23-17(20-16)21-19-10-14-13-7-5-4-6-12(13)8-9-15(14)22/h4-9,11,22H,10H2,1-3H3. The van der Waals surface area contributed by atoms with Crippen molar-refractivity contribution in [3.05, 3.63) is 53.0 Å². The summed E-state index contributed by atoms with van der Waals surface area (Å²) < 4.78 is 0. The highest BCUT2D eigenvalue weighted by atomic mass is 32.1. The number of rotatable bonds is 3. The first kappa shape index (κ1) is 15.6. The van der Waals surface area contributed by atoms with Gasteiger partial charge >= 0.3 is 0 Å². The molecular weight excluding hydrogens is 306 g/mol. The van der Waals surface area contributed by atoms with Crippen molar-refractivity contribution in [3.8, 4) is 5.75 Å². The average Bonchev–Trinajstić information content (AvgIpc) is 2.98. The number of aromatic nitrogens is 1. The Balaban J connectivity index is 1.83. The van der Waals surface area contributed by atoms with E-state index in [1.54, 1.807) is 6.07 Å². The van der Waals surface area contributed by atoms with Gasteiger partial charge in [-0.05, 0) is 16.8 Å². The van der Waals surface area contributed by atoms with Crippen LogP contribution in [0.5, 0.6) is 5.75 Å². The van der Waals surface area contributed by atoms with Crippen LogP contribution in [0.4, 0.5) is 5.13 Å². The van der Waals surface area contributed by atoms with E-state index in [4.69, 9.17) is 0 Å². The van der Waals surface area contributed by atoms with Crippen LogP contribution in [0.25, 0.3) is 10.8 Å². The summed E-state index contributed by atoms with van der Waals surface area (Å²) in [6.45, 7) is 6.70. The minimum absolute atomic E-state index is 0.0121. The second kappa shape index (κ2) is 6.08. The van der Waals surface area contributed by atoms with Crippen molar-refractivity contribution in [2.45, 2.75) is 32.7 Å². The molecular formula is C18H19N3OS. The minimum atomic E-state index is 0.0121. The van der Waals surface area contributed by atoms with E-state index in [0.29, 0.717) is 11.7 Å². The summed E-state index contributed by atoms with van der Waals surface area (Å²) in [5, 5.41) is 23.3. The van der Waals surface area contributed by atoms with Crippen LogP contribution in [-0.2, 0) is 12.0 Å². The van der Waals surface area contributed by atoms with E-state index >= 15 is 0 Å². The summed E-state index contributed by atoms with van der Waals surface area (Å²) in [6, 6.07) is 11.6. The molecule has 118 valence electrons. The fourth-order valence-corrected chi connectivity index (χ4v) is 3.19. The highest BCUT2D eigenvalue weighted by Gasteiger charge is 2.17. The molecule has 0 fully saturated rings. The van der Waals surface area contributed by atoms with Crippen molar-refractivity contribution >= 4 is 27.2 Å². The monoisotopic (exact) mass is 325 g/mol. The van der Waals surface area contributed by atoms with Crippen molar-refractivity contribution in [2.75, 3.05) is 0 Å². The molecule has 4 nitrogen and oxygen atoms in total. The Morgan fingerprint density at radius 3 is 2.65 bits per heavy atom. The van der Waals surface area contributed by atoms with E-state index in [9.17, 15) is 5.11 Å². The molecule has 1 aromatic heterocycles. The third kappa shape index (κ3) is 3.40. The number of thiazole rings is 1. The molecule has 0 radical (unpaired) electrons. The lowest BCUT2D eigenvalue weighted by molar-refractivity contribution is 0.469. The molecule has 0 saturated heterocycles. The molecule has 1 heterocycles. The molecule has 5 heteroatoms. The lowest BCUT2D eigenvalue weighted by atomic mass is 9.93. The molecule has 0 bridgehead atoms. The van der Waals surface area contributed by atoms with E-state index in [2.05, 4.69) is 36.0 Å². The number of benzene rings is 2. The Kier molecular flexibility index (Phi) is 4.13. The van der Waals surface area contributed by atoms with Crippen molar-refractivity contribution in [1.82, 2.24) is 4.98 Å². The number of nitrogens with zero attached hydrogens (tertiary/aromatic N) is 3. The van der Waals surface area contributed by atoms with Gasteiger partial charge in [0.2, 0.25) is 5.13 Å². The highest BCUT2D eigenvalue weighted by molar-refractivity contribution is 7.13. The molecule has 0 amide bonds. The van der Waals surface area contributed by atoms with Crippen LogP contribution in [0.3, 0.4) is 0 Å². The van der Waals surface area contributed by atoms with E-state index < -0.39 is 0 Å². The summed E-state index contributed by atoms with van der Waals surface area (Å²) in [5.74, 6) is 0.247. The second-order valence-electron chi connectivity index (χ2n) is 6.45. The maximum atomic E-state index is 10.1. The minimum Gasteiger partial charge on any atom is -0.508 e. The normalized spacial score (nSPS) is 12.3. The SMILES string of the molecule is CC(C)(C)c1csc(N=NCc2c(O)ccc3ccccc23)n1. The average molecular weight is 325 g/mol. The zero-order valence-electron chi connectivity index (χ0n) is 13.4. The molecule has 0 saturated carbocycles. The first-order valence-corrected chi connectivity index (χ1v) is 8.36. The fourth-order valence-electron chi connectivity index (χ4n) is 2.31. The van der Waals surface area contributed by atoms with Crippen molar-refractivity contribution in [2.24, 2.45) is 10.2 Å². The summed E-state index contributed by atoms with van der Waals surface area (Å²) >= 11 is 1.49. The smallest absolute Gasteiger partial charge is 0.229 e. The van der Waals surface area contributed by atoms with Gasteiger partial charge in [0.15, 0.2) is 0 Å². The highest BCUT2D eigenvalue weighted by Crippen LogP contribution is 2.30. The van der Waals surface area contributed by atoms with Gasteiger partial charge in [-0.25, -0.2) is 4.98 Å². The van der Waals surface area contributed by atoms with Crippen LogP contribution >= 0.6 is 11.3 Å². The van der Waals surface area contributed by atoms with Gasteiger partial charge in [-0.2, -0.15) is 5.11 Å². The van der Waals surface area contributed by atoms with Gasteiger partial charge in [0.05, 0.1) is 12.2 Å². The van der Waals surface area contributed by atoms with Gasteiger partial charge in [0.25, 0.3) is 0 Å². The maximum Gasteiger partial charge on any atom is 0.229 e. The Hall–Kier alpha value is -2.27. The Labute approximate surface area is 139 Å². The molecule has 3 rings (SSSR count). The predicted octanol–water partition coefficient (Wildman–Crippen LogP) is 5.58. The number of azo groups is 1. The lowest BCUT2D eigenvalue weighted by Crippen LogP contribution is -2.10. The fraction of sp³-hybridized carbons (Fsp3) is 0.278. The Morgan fingerprint density at radius 1 is 1.13 bits per heavy atom. The molecule has 0 unspecified atom stereocenters. The summed E-state index contributed by atoms with van der Waals surface area (Å²) in [5.41, 5.74) is 1.82. The number of phenolic OH excluding ortho intramolecular Hbond substituents is 1. The molecule has 23 heavy (non-hydrogen) atoms. The van der Waals surface area contributed by atoms with E-state index in [1.807, 2.05) is 35.7 Å². The number of aromatic hydroxyl groups is 1. The number of hydrogen-bond acceptors (Lipinski definition) is 5. The lowest BCUT2D eigenvalue weighted by Gasteiger charge is -2.13. The van der Waals surface area contributed by atoms with Crippen LogP contribution in [0.2, 0.25) is 0 Å². The third-order valence-corrected chi connectivity index (χ3v) is 4.39. The van der Waals surface area contributed by atoms with Gasteiger partial charge < -0.3 is 5.11 Å². The second-order valence-corrected chi connectivity index (χ2v) is 7.29. The van der Waals surface area contributed by atoms with Crippen molar-refractivity contribution < 1.29 is 5.11 Å². The molecule has 2 aromatic carbocycles. The van der Waals surface area contributed by atoms with Gasteiger partial charge in [0.1, 0.15) is 5.75 Å². The predicted molar refractivity (Wildman–Crippen MR) is 94.6 cm³/mol. The Bertz CT molecular complexity index is 862. The quantitative estimate of drug-likeness (QED) is 0.639. The summed E-state index contributed by atoms with van der Waals surface area (Å²) in [6.07, 6.45) is 0. The maximum absolute atomic E-state index is 10.1. The van der Waals surface area contributed by atoms with Gasteiger partial charge in [-0.15, -0.1) is 16.5 Å². The van der Waals surface area contributed by atoms with Gasteiger partial charge in [0, 0.05) is 16.4 Å². The third-order valence-electron chi connectivity index (χ3n) is 3.66. The number of phenols is 1.